The van der Waals surface area contributed by atoms with Crippen LogP contribution in [-0.2, 0) is 26.7 Å². The summed E-state index contributed by atoms with van der Waals surface area (Å²) in [5.41, 5.74) is 6.94. The number of aryl methyl sites for hydroxylation is 1. The molecule has 0 aliphatic heterocycles. The van der Waals surface area contributed by atoms with Gasteiger partial charge in [-0.15, -0.1) is 29.7 Å². The molecule has 3 heterocycles. The molecular weight excluding hydrogens is 583 g/mol. The Morgan fingerprint density at radius 3 is 2.27 bits per heavy atom. The van der Waals surface area contributed by atoms with Crippen LogP contribution in [0.4, 0.5) is 0 Å². The zero-order valence-corrected chi connectivity index (χ0v) is 20.4. The molecule has 1 radical (unpaired) electrons. The predicted molar refractivity (Wildman–Crippen MR) is 133 cm³/mol. The van der Waals surface area contributed by atoms with Crippen molar-refractivity contribution in [1.82, 2.24) is 14.0 Å². The van der Waals surface area contributed by atoms with E-state index in [1.807, 2.05) is 18.3 Å². The van der Waals surface area contributed by atoms with Crippen molar-refractivity contribution >= 4 is 49.1 Å². The summed E-state index contributed by atoms with van der Waals surface area (Å²) in [6.45, 7) is 3.16. The molecule has 0 N–H and O–H groups in total. The zero-order chi connectivity index (χ0) is 21.2. The number of para-hydroxylation sites is 2. The molecule has 0 atom stereocenters. The molecule has 161 valence electrons. The molecule has 33 heavy (non-hydrogen) atoms. The monoisotopic (exact) mass is 603 g/mol. The summed E-state index contributed by atoms with van der Waals surface area (Å²) >= 11 is 0. The third-order valence-corrected chi connectivity index (χ3v) is 6.66. The summed E-state index contributed by atoms with van der Waals surface area (Å²) in [6, 6.07) is 33.6. The standard InChI is InChI=1S/C29H20N3.Ir/c1-2-31-25-13-7-5-11-22(25)24-17-19(15-16-26(24)31)28-18-30-29-23-12-4-3-9-20(23)21-10-6-8-14-27(21)32(28)29;/h3-11,13-18H,2H2,1H3;/q-1;. The molecule has 0 saturated heterocycles. The minimum Gasteiger partial charge on any atom is -0.341 e. The van der Waals surface area contributed by atoms with Crippen LogP contribution in [0.25, 0.3) is 60.4 Å². The number of benzene rings is 4. The Morgan fingerprint density at radius 2 is 1.45 bits per heavy atom. The number of nitrogens with zero attached hydrogens (tertiary/aromatic N) is 3. The van der Waals surface area contributed by atoms with Gasteiger partial charge in [0.2, 0.25) is 0 Å². The van der Waals surface area contributed by atoms with Crippen molar-refractivity contribution in [1.29, 1.82) is 0 Å². The van der Waals surface area contributed by atoms with E-state index in [9.17, 15) is 0 Å². The van der Waals surface area contributed by atoms with Crippen molar-refractivity contribution in [2.75, 3.05) is 0 Å². The summed E-state index contributed by atoms with van der Waals surface area (Å²) < 4.78 is 4.68. The average Bonchev–Trinajstić information content (AvgIpc) is 3.44. The van der Waals surface area contributed by atoms with Gasteiger partial charge in [0.05, 0.1) is 11.3 Å². The van der Waals surface area contributed by atoms with Crippen LogP contribution in [0.15, 0.2) is 91.1 Å². The van der Waals surface area contributed by atoms with Crippen molar-refractivity contribution in [3.05, 3.63) is 97.2 Å². The smallest absolute Gasteiger partial charge is 0.0634 e. The van der Waals surface area contributed by atoms with E-state index in [0.29, 0.717) is 0 Å². The summed E-state index contributed by atoms with van der Waals surface area (Å²) in [5.74, 6) is 0. The number of rotatable bonds is 2. The van der Waals surface area contributed by atoms with Gasteiger partial charge < -0.3 is 8.97 Å². The van der Waals surface area contributed by atoms with Gasteiger partial charge in [-0.1, -0.05) is 47.9 Å². The maximum atomic E-state index is 4.86. The van der Waals surface area contributed by atoms with Crippen LogP contribution >= 0.6 is 0 Å². The second kappa shape index (κ2) is 7.55. The number of pyridine rings is 1. The van der Waals surface area contributed by atoms with Crippen LogP contribution in [0.5, 0.6) is 0 Å². The molecular formula is C29H20IrN3-. The third kappa shape index (κ3) is 2.75. The first kappa shape index (κ1) is 20.2. The first-order valence-electron chi connectivity index (χ1n) is 11.0. The summed E-state index contributed by atoms with van der Waals surface area (Å²) in [5, 5.41) is 6.04. The SMILES string of the molecule is CCn1c2ccccc2c2cc(-c3cnc4c5[c-]cccc5c5ccccc5n34)ccc21.[Ir]. The van der Waals surface area contributed by atoms with Gasteiger partial charge in [0.15, 0.2) is 0 Å². The topological polar surface area (TPSA) is 22.2 Å². The molecule has 0 unspecified atom stereocenters. The zero-order valence-electron chi connectivity index (χ0n) is 18.0. The minimum absolute atomic E-state index is 0. The number of imidazole rings is 1. The van der Waals surface area contributed by atoms with E-state index < -0.39 is 0 Å². The van der Waals surface area contributed by atoms with Crippen LogP contribution in [0.1, 0.15) is 6.92 Å². The number of hydrogen-bond donors (Lipinski definition) is 0. The van der Waals surface area contributed by atoms with Crippen LogP contribution in [0.3, 0.4) is 0 Å². The minimum atomic E-state index is 0. The van der Waals surface area contributed by atoms with Crippen molar-refractivity contribution in [3.8, 4) is 11.3 Å². The molecule has 4 aromatic carbocycles. The van der Waals surface area contributed by atoms with Crippen LogP contribution in [0, 0.1) is 6.07 Å². The molecule has 0 bridgehead atoms. The van der Waals surface area contributed by atoms with E-state index in [1.165, 1.54) is 38.1 Å². The van der Waals surface area contributed by atoms with Crippen LogP contribution in [0.2, 0.25) is 0 Å². The van der Waals surface area contributed by atoms with E-state index >= 15 is 0 Å². The van der Waals surface area contributed by atoms with Crippen molar-refractivity contribution in [2.45, 2.75) is 13.5 Å². The molecule has 0 aliphatic carbocycles. The fraction of sp³-hybridized carbons (Fsp3) is 0.0690. The average molecular weight is 603 g/mol. The third-order valence-electron chi connectivity index (χ3n) is 6.66. The first-order valence-corrected chi connectivity index (χ1v) is 11.0. The van der Waals surface area contributed by atoms with Gasteiger partial charge >= 0.3 is 0 Å². The summed E-state index contributed by atoms with van der Waals surface area (Å²) in [7, 11) is 0. The van der Waals surface area contributed by atoms with Crippen molar-refractivity contribution in [2.24, 2.45) is 0 Å². The van der Waals surface area contributed by atoms with Gasteiger partial charge in [-0.2, -0.15) is 0 Å². The predicted octanol–water partition coefficient (Wildman–Crippen LogP) is 7.23. The molecule has 0 spiro atoms. The number of fused-ring (bicyclic) bond motifs is 9. The second-order valence-corrected chi connectivity index (χ2v) is 8.27. The van der Waals surface area contributed by atoms with Gasteiger partial charge in [-0.05, 0) is 36.6 Å². The molecule has 0 aliphatic rings. The van der Waals surface area contributed by atoms with E-state index in [1.54, 1.807) is 0 Å². The van der Waals surface area contributed by atoms with E-state index in [-0.39, 0.29) is 20.1 Å². The van der Waals surface area contributed by atoms with Crippen molar-refractivity contribution in [3.63, 3.8) is 0 Å². The fourth-order valence-electron chi connectivity index (χ4n) is 5.27. The van der Waals surface area contributed by atoms with E-state index in [4.69, 9.17) is 4.98 Å². The second-order valence-electron chi connectivity index (χ2n) is 8.27. The molecule has 3 nitrogen and oxygen atoms in total. The Balaban J connectivity index is 0.00000206. The Hall–Kier alpha value is -3.46. The van der Waals surface area contributed by atoms with Crippen molar-refractivity contribution < 1.29 is 20.1 Å². The molecule has 0 saturated carbocycles. The Morgan fingerprint density at radius 1 is 0.758 bits per heavy atom. The molecule has 0 amide bonds. The molecule has 0 fully saturated rings. The Kier molecular flexibility index (Phi) is 4.61. The normalized spacial score (nSPS) is 11.7. The van der Waals surface area contributed by atoms with E-state index in [2.05, 4.69) is 94.8 Å². The summed E-state index contributed by atoms with van der Waals surface area (Å²) in [4.78, 5) is 4.86. The molecule has 7 rings (SSSR count). The Labute approximate surface area is 204 Å². The summed E-state index contributed by atoms with van der Waals surface area (Å²) in [6.07, 6.45) is 2.00. The van der Waals surface area contributed by atoms with Crippen LogP contribution in [-0.4, -0.2) is 14.0 Å². The maximum absolute atomic E-state index is 4.86. The van der Waals surface area contributed by atoms with Gasteiger partial charge in [0, 0.05) is 65.7 Å². The molecule has 7 aromatic rings. The maximum Gasteiger partial charge on any atom is 0.0634 e. The van der Waals surface area contributed by atoms with Crippen LogP contribution < -0.4 is 0 Å². The first-order chi connectivity index (χ1) is 15.8. The largest absolute Gasteiger partial charge is 0.341 e. The van der Waals surface area contributed by atoms with Gasteiger partial charge in [0.25, 0.3) is 0 Å². The molecule has 3 aromatic heterocycles. The fourth-order valence-corrected chi connectivity index (χ4v) is 5.27. The van der Waals surface area contributed by atoms with E-state index in [0.717, 1.165) is 28.8 Å². The van der Waals surface area contributed by atoms with Gasteiger partial charge in [-0.3, -0.25) is 4.98 Å². The van der Waals surface area contributed by atoms with Gasteiger partial charge in [-0.25, -0.2) is 0 Å². The number of aromatic nitrogens is 3. The number of hydrogen-bond acceptors (Lipinski definition) is 1. The molecule has 4 heteroatoms. The Bertz CT molecular complexity index is 1820. The van der Waals surface area contributed by atoms with Gasteiger partial charge in [0.1, 0.15) is 0 Å². The quantitative estimate of drug-likeness (QED) is 0.151.